The summed E-state index contributed by atoms with van der Waals surface area (Å²) in [5.41, 5.74) is 0.361. The van der Waals surface area contributed by atoms with Crippen LogP contribution in [-0.2, 0) is 19.6 Å². The number of sulfonamides is 1. The zero-order chi connectivity index (χ0) is 20.6. The number of anilines is 1. The lowest BCUT2D eigenvalue weighted by Gasteiger charge is -2.31. The molecule has 1 saturated heterocycles. The van der Waals surface area contributed by atoms with E-state index < -0.39 is 16.1 Å². The lowest BCUT2D eigenvalue weighted by atomic mass is 9.97. The van der Waals surface area contributed by atoms with Gasteiger partial charge in [-0.15, -0.1) is 0 Å². The van der Waals surface area contributed by atoms with Crippen LogP contribution in [0.2, 0.25) is 0 Å². The summed E-state index contributed by atoms with van der Waals surface area (Å²) < 4.78 is 33.0. The Kier molecular flexibility index (Phi) is 5.52. The number of hydrogen-bond donors (Lipinski definition) is 2. The first-order valence-electron chi connectivity index (χ1n) is 10.3. The molecule has 0 bridgehead atoms. The fourth-order valence-corrected chi connectivity index (χ4v) is 5.74. The first-order valence-corrected chi connectivity index (χ1v) is 11.7. The molecule has 1 unspecified atom stereocenters. The van der Waals surface area contributed by atoms with Gasteiger partial charge in [0.25, 0.3) is 5.91 Å². The van der Waals surface area contributed by atoms with Crippen LogP contribution >= 0.6 is 0 Å². The summed E-state index contributed by atoms with van der Waals surface area (Å²) in [4.78, 5) is 24.4. The Hall–Kier alpha value is -2.13. The van der Waals surface area contributed by atoms with Crippen LogP contribution in [-0.4, -0.2) is 49.8 Å². The number of carbonyl (C=O) groups is 2. The molecule has 2 amide bonds. The molecular formula is C20H27N3O5S. The summed E-state index contributed by atoms with van der Waals surface area (Å²) in [6.45, 7) is 2.25. The van der Waals surface area contributed by atoms with Crippen LogP contribution in [0.1, 0.15) is 45.4 Å². The molecule has 3 aliphatic rings. The topological polar surface area (TPSA) is 105 Å². The summed E-state index contributed by atoms with van der Waals surface area (Å²) in [5, 5.41) is 5.80. The number of nitrogens with one attached hydrogen (secondary N) is 2. The molecule has 0 spiro atoms. The Morgan fingerprint density at radius 2 is 1.86 bits per heavy atom. The van der Waals surface area contributed by atoms with E-state index in [-0.39, 0.29) is 28.7 Å². The van der Waals surface area contributed by atoms with Gasteiger partial charge in [0.15, 0.2) is 6.10 Å². The molecule has 2 N–H and O–H groups in total. The smallest absolute Gasteiger partial charge is 0.265 e. The monoisotopic (exact) mass is 421 g/mol. The first kappa shape index (κ1) is 20.2. The molecule has 158 valence electrons. The molecule has 1 aliphatic carbocycles. The van der Waals surface area contributed by atoms with Gasteiger partial charge < -0.3 is 15.4 Å². The highest BCUT2D eigenvalue weighted by Crippen LogP contribution is 2.33. The first-order chi connectivity index (χ1) is 13.8. The summed E-state index contributed by atoms with van der Waals surface area (Å²) in [5.74, 6) is 0.0657. The summed E-state index contributed by atoms with van der Waals surface area (Å²) >= 11 is 0. The van der Waals surface area contributed by atoms with E-state index in [4.69, 9.17) is 4.74 Å². The van der Waals surface area contributed by atoms with Crippen molar-refractivity contribution >= 4 is 27.5 Å². The Morgan fingerprint density at radius 1 is 1.17 bits per heavy atom. The predicted octanol–water partition coefficient (Wildman–Crippen LogP) is 1.87. The second-order valence-corrected chi connectivity index (χ2v) is 10.0. The summed E-state index contributed by atoms with van der Waals surface area (Å²) in [6, 6.07) is 4.78. The Morgan fingerprint density at radius 3 is 2.55 bits per heavy atom. The van der Waals surface area contributed by atoms with E-state index in [9.17, 15) is 18.0 Å². The van der Waals surface area contributed by atoms with Crippen molar-refractivity contribution < 1.29 is 22.7 Å². The fourth-order valence-electron chi connectivity index (χ4n) is 4.24. The largest absolute Gasteiger partial charge is 0.479 e. The average Bonchev–Trinajstić information content (AvgIpc) is 3.21. The van der Waals surface area contributed by atoms with Gasteiger partial charge in [0.1, 0.15) is 5.75 Å². The van der Waals surface area contributed by atoms with Gasteiger partial charge in [-0.3, -0.25) is 9.59 Å². The lowest BCUT2D eigenvalue weighted by molar-refractivity contribution is -0.126. The minimum Gasteiger partial charge on any atom is -0.479 e. The van der Waals surface area contributed by atoms with Gasteiger partial charge >= 0.3 is 0 Å². The zero-order valence-corrected chi connectivity index (χ0v) is 17.3. The maximum absolute atomic E-state index is 13.0. The maximum Gasteiger partial charge on any atom is 0.265 e. The van der Waals surface area contributed by atoms with Gasteiger partial charge in [-0.2, -0.15) is 4.31 Å². The SMILES string of the molecule is CC1Oc2ccc(S(=O)(=O)N3CCC(C(=O)NC4CCCC4)CC3)cc2NC1=O. The number of fused-ring (bicyclic) bond motifs is 1. The minimum atomic E-state index is -3.70. The number of ether oxygens (including phenoxy) is 1. The molecule has 2 aliphatic heterocycles. The van der Waals surface area contributed by atoms with Crippen LogP contribution < -0.4 is 15.4 Å². The quantitative estimate of drug-likeness (QED) is 0.772. The lowest BCUT2D eigenvalue weighted by Crippen LogP contribution is -2.44. The van der Waals surface area contributed by atoms with Crippen LogP contribution in [0.25, 0.3) is 0 Å². The highest BCUT2D eigenvalue weighted by atomic mass is 32.2. The van der Waals surface area contributed by atoms with Crippen molar-refractivity contribution in [3.8, 4) is 5.75 Å². The number of hydrogen-bond acceptors (Lipinski definition) is 5. The summed E-state index contributed by atoms with van der Waals surface area (Å²) in [6.07, 6.45) is 4.81. The summed E-state index contributed by atoms with van der Waals surface area (Å²) in [7, 11) is -3.70. The van der Waals surface area contributed by atoms with Crippen molar-refractivity contribution in [2.45, 2.75) is 62.5 Å². The van der Waals surface area contributed by atoms with Crippen molar-refractivity contribution in [2.24, 2.45) is 5.92 Å². The molecule has 1 saturated carbocycles. The molecular weight excluding hydrogens is 394 g/mol. The molecule has 1 atom stereocenters. The fraction of sp³-hybridized carbons (Fsp3) is 0.600. The number of nitrogens with zero attached hydrogens (tertiary/aromatic N) is 1. The average molecular weight is 422 g/mol. The molecule has 0 radical (unpaired) electrons. The third-order valence-electron chi connectivity index (χ3n) is 6.05. The molecule has 29 heavy (non-hydrogen) atoms. The highest BCUT2D eigenvalue weighted by molar-refractivity contribution is 7.89. The molecule has 9 heteroatoms. The van der Waals surface area contributed by atoms with E-state index >= 15 is 0 Å². The number of benzene rings is 1. The molecule has 0 aromatic heterocycles. The minimum absolute atomic E-state index is 0.0525. The van der Waals surface area contributed by atoms with Gasteiger partial charge in [0.2, 0.25) is 15.9 Å². The Balaban J connectivity index is 1.41. The standard InChI is InChI=1S/C20H27N3O5S/c1-13-19(24)22-17-12-16(6-7-18(17)28-13)29(26,27)23-10-8-14(9-11-23)20(25)21-15-4-2-3-5-15/h6-7,12-15H,2-5,8-11H2,1H3,(H,21,25)(H,22,24). The van der Waals surface area contributed by atoms with E-state index in [1.165, 1.54) is 16.4 Å². The van der Waals surface area contributed by atoms with Crippen LogP contribution in [0.4, 0.5) is 5.69 Å². The van der Waals surface area contributed by atoms with Crippen LogP contribution in [0.3, 0.4) is 0 Å². The zero-order valence-electron chi connectivity index (χ0n) is 16.5. The number of carbonyl (C=O) groups excluding carboxylic acids is 2. The Bertz CT molecular complexity index is 903. The molecule has 4 rings (SSSR count). The second-order valence-electron chi connectivity index (χ2n) is 8.08. The van der Waals surface area contributed by atoms with E-state index in [1.54, 1.807) is 13.0 Å². The highest BCUT2D eigenvalue weighted by Gasteiger charge is 2.34. The van der Waals surface area contributed by atoms with E-state index in [0.717, 1.165) is 25.7 Å². The third kappa shape index (κ3) is 4.11. The van der Waals surface area contributed by atoms with Crippen molar-refractivity contribution in [1.29, 1.82) is 0 Å². The molecule has 8 nitrogen and oxygen atoms in total. The van der Waals surface area contributed by atoms with Crippen LogP contribution in [0.15, 0.2) is 23.1 Å². The van der Waals surface area contributed by atoms with E-state index in [1.807, 2.05) is 0 Å². The van der Waals surface area contributed by atoms with E-state index in [2.05, 4.69) is 10.6 Å². The molecule has 2 fully saturated rings. The second kappa shape index (κ2) is 7.95. The number of amides is 2. The predicted molar refractivity (Wildman–Crippen MR) is 107 cm³/mol. The van der Waals surface area contributed by atoms with Crippen LogP contribution in [0.5, 0.6) is 5.75 Å². The number of rotatable bonds is 4. The molecule has 2 heterocycles. The van der Waals surface area contributed by atoms with E-state index in [0.29, 0.717) is 37.4 Å². The van der Waals surface area contributed by atoms with Gasteiger partial charge in [0.05, 0.1) is 10.6 Å². The van der Waals surface area contributed by atoms with Gasteiger partial charge in [0, 0.05) is 25.0 Å². The maximum atomic E-state index is 13.0. The van der Waals surface area contributed by atoms with Crippen molar-refractivity contribution in [3.63, 3.8) is 0 Å². The third-order valence-corrected chi connectivity index (χ3v) is 7.94. The van der Waals surface area contributed by atoms with Crippen molar-refractivity contribution in [2.75, 3.05) is 18.4 Å². The normalized spacial score (nSPS) is 23.9. The van der Waals surface area contributed by atoms with Gasteiger partial charge in [-0.1, -0.05) is 12.8 Å². The molecule has 1 aromatic rings. The van der Waals surface area contributed by atoms with Crippen molar-refractivity contribution in [3.05, 3.63) is 18.2 Å². The molecule has 1 aromatic carbocycles. The van der Waals surface area contributed by atoms with Crippen LogP contribution in [0, 0.1) is 5.92 Å². The Labute approximate surface area is 171 Å². The number of piperidine rings is 1. The van der Waals surface area contributed by atoms with Gasteiger partial charge in [-0.05, 0) is 50.8 Å². The van der Waals surface area contributed by atoms with Crippen molar-refractivity contribution in [1.82, 2.24) is 9.62 Å². The van der Waals surface area contributed by atoms with Gasteiger partial charge in [-0.25, -0.2) is 8.42 Å².